The molecule has 1 amide bonds. The van der Waals surface area contributed by atoms with Crippen LogP contribution in [0.1, 0.15) is 38.3 Å². The molecule has 2 aromatic carbocycles. The van der Waals surface area contributed by atoms with Crippen LogP contribution in [-0.2, 0) is 17.8 Å². The van der Waals surface area contributed by atoms with E-state index in [1.54, 1.807) is 7.11 Å². The summed E-state index contributed by atoms with van der Waals surface area (Å²) in [5, 5.41) is 14.0. The van der Waals surface area contributed by atoms with Gasteiger partial charge in [0.25, 0.3) is 5.91 Å². The molecule has 0 unspecified atom stereocenters. The van der Waals surface area contributed by atoms with Crippen LogP contribution in [0, 0.1) is 27.7 Å². The Morgan fingerprint density at radius 3 is 2.36 bits per heavy atom. The highest BCUT2D eigenvalue weighted by atomic mass is 16.5. The third kappa shape index (κ3) is 5.28. The average molecular weight is 493 g/mol. The monoisotopic (exact) mass is 492 g/mol. The number of methoxy groups -OCH3 is 1. The van der Waals surface area contributed by atoms with Crippen molar-refractivity contribution in [3.63, 3.8) is 0 Å². The van der Waals surface area contributed by atoms with Gasteiger partial charge in [-0.2, -0.15) is 0 Å². The Morgan fingerprint density at radius 1 is 1.03 bits per heavy atom. The number of nitrogens with zero attached hydrogens (tertiary/aromatic N) is 3. The zero-order chi connectivity index (χ0) is 25.8. The van der Waals surface area contributed by atoms with Gasteiger partial charge in [-0.15, -0.1) is 0 Å². The van der Waals surface area contributed by atoms with Crippen molar-refractivity contribution in [1.29, 1.82) is 0 Å². The first-order valence-corrected chi connectivity index (χ1v) is 12.9. The lowest BCUT2D eigenvalue weighted by molar-refractivity contribution is 0.0615. The van der Waals surface area contributed by atoms with Gasteiger partial charge in [-0.1, -0.05) is 18.2 Å². The highest BCUT2D eigenvalue weighted by molar-refractivity contribution is 6.04. The van der Waals surface area contributed by atoms with Gasteiger partial charge in [-0.25, -0.2) is 0 Å². The van der Waals surface area contributed by atoms with Gasteiger partial charge in [-0.3, -0.25) is 9.69 Å². The van der Waals surface area contributed by atoms with E-state index in [2.05, 4.69) is 66.7 Å². The average Bonchev–Trinajstić information content (AvgIpc) is 3.12. The second kappa shape index (κ2) is 11.5. The highest BCUT2D eigenvalue weighted by Crippen LogP contribution is 2.34. The number of hydrogen-bond donors (Lipinski definition) is 2. The Bertz CT molecular complexity index is 1200. The van der Waals surface area contributed by atoms with Gasteiger partial charge >= 0.3 is 0 Å². The number of anilines is 1. The molecule has 0 atom stereocenters. The zero-order valence-corrected chi connectivity index (χ0v) is 22.4. The van der Waals surface area contributed by atoms with E-state index < -0.39 is 0 Å². The first-order valence-electron chi connectivity index (χ1n) is 12.9. The van der Waals surface area contributed by atoms with Gasteiger partial charge in [0.05, 0.1) is 24.4 Å². The molecular formula is C29H40N4O3. The van der Waals surface area contributed by atoms with Crippen LogP contribution in [0.2, 0.25) is 0 Å². The quantitative estimate of drug-likeness (QED) is 0.474. The molecule has 0 saturated carbocycles. The lowest BCUT2D eigenvalue weighted by Gasteiger charge is -2.34. The van der Waals surface area contributed by atoms with E-state index in [0.29, 0.717) is 38.3 Å². The van der Waals surface area contributed by atoms with Crippen molar-refractivity contribution in [3.8, 4) is 0 Å². The summed E-state index contributed by atoms with van der Waals surface area (Å²) >= 11 is 0. The number of rotatable bonds is 9. The number of carbonyl (C=O) groups excluding carboxylic acids is 1. The molecule has 4 rings (SSSR count). The number of amides is 1. The van der Waals surface area contributed by atoms with Crippen LogP contribution in [0.5, 0.6) is 0 Å². The van der Waals surface area contributed by atoms with Crippen molar-refractivity contribution < 1.29 is 14.6 Å². The summed E-state index contributed by atoms with van der Waals surface area (Å²) in [7, 11) is 1.73. The van der Waals surface area contributed by atoms with Gasteiger partial charge in [0.1, 0.15) is 0 Å². The van der Waals surface area contributed by atoms with Crippen molar-refractivity contribution in [2.45, 2.75) is 40.8 Å². The van der Waals surface area contributed by atoms with Crippen LogP contribution in [-0.4, -0.2) is 78.4 Å². The maximum absolute atomic E-state index is 13.6. The maximum Gasteiger partial charge on any atom is 0.254 e. The third-order valence-corrected chi connectivity index (χ3v) is 7.67. The Kier molecular flexibility index (Phi) is 8.34. The minimum absolute atomic E-state index is 0.0670. The van der Waals surface area contributed by atoms with Crippen molar-refractivity contribution in [3.05, 3.63) is 63.8 Å². The molecule has 1 aliphatic rings. The van der Waals surface area contributed by atoms with E-state index in [9.17, 15) is 9.90 Å². The summed E-state index contributed by atoms with van der Waals surface area (Å²) in [6.07, 6.45) is 0. The number of ether oxygens (including phenoxy) is 1. The molecule has 36 heavy (non-hydrogen) atoms. The van der Waals surface area contributed by atoms with Crippen LogP contribution >= 0.6 is 0 Å². The van der Waals surface area contributed by atoms with E-state index in [4.69, 9.17) is 4.74 Å². The molecule has 1 fully saturated rings. The van der Waals surface area contributed by atoms with Gasteiger partial charge in [0.2, 0.25) is 0 Å². The van der Waals surface area contributed by atoms with Crippen LogP contribution < -0.4 is 5.32 Å². The molecule has 3 aromatic rings. The highest BCUT2D eigenvalue weighted by Gasteiger charge is 2.24. The second-order valence-corrected chi connectivity index (χ2v) is 9.86. The van der Waals surface area contributed by atoms with Crippen molar-refractivity contribution in [2.24, 2.45) is 0 Å². The molecule has 0 bridgehead atoms. The first-order chi connectivity index (χ1) is 17.3. The number of carbonyl (C=O) groups is 1. The largest absolute Gasteiger partial charge is 0.395 e. The van der Waals surface area contributed by atoms with Crippen molar-refractivity contribution in [2.75, 3.05) is 58.4 Å². The van der Waals surface area contributed by atoms with Gasteiger partial charge in [0, 0.05) is 69.6 Å². The number of aromatic nitrogens is 1. The molecule has 0 aliphatic carbocycles. The van der Waals surface area contributed by atoms with Gasteiger partial charge in [0.15, 0.2) is 0 Å². The van der Waals surface area contributed by atoms with Crippen LogP contribution in [0.4, 0.5) is 5.69 Å². The van der Waals surface area contributed by atoms with Crippen LogP contribution in [0.3, 0.4) is 0 Å². The van der Waals surface area contributed by atoms with E-state index in [-0.39, 0.29) is 12.5 Å². The smallest absolute Gasteiger partial charge is 0.254 e. The third-order valence-electron chi connectivity index (χ3n) is 7.67. The summed E-state index contributed by atoms with van der Waals surface area (Å²) in [6, 6.07) is 10.5. The van der Waals surface area contributed by atoms with Gasteiger partial charge in [-0.05, 0) is 62.1 Å². The van der Waals surface area contributed by atoms with Crippen LogP contribution in [0.25, 0.3) is 10.9 Å². The topological polar surface area (TPSA) is 70.0 Å². The minimum Gasteiger partial charge on any atom is -0.395 e. The van der Waals surface area contributed by atoms with E-state index in [1.165, 1.54) is 27.9 Å². The summed E-state index contributed by atoms with van der Waals surface area (Å²) in [5.41, 5.74) is 9.00. The Labute approximate surface area is 214 Å². The number of piperazine rings is 1. The van der Waals surface area contributed by atoms with Crippen molar-refractivity contribution >= 4 is 22.5 Å². The SMILES string of the molecule is COCCn1c(C)c(C)c2cc(C(=O)N3CCN(CCO)CC3)cc(NCc3c(C)cccc3C)c21. The molecule has 2 N–H and O–H groups in total. The number of hydrogen-bond acceptors (Lipinski definition) is 5. The Balaban J connectivity index is 1.72. The number of nitrogens with one attached hydrogen (secondary N) is 1. The first kappa shape index (κ1) is 26.2. The molecule has 1 saturated heterocycles. The van der Waals surface area contributed by atoms with E-state index >= 15 is 0 Å². The maximum atomic E-state index is 13.6. The predicted molar refractivity (Wildman–Crippen MR) is 146 cm³/mol. The Morgan fingerprint density at radius 2 is 1.72 bits per heavy atom. The molecule has 7 heteroatoms. The fraction of sp³-hybridized carbons (Fsp3) is 0.483. The molecule has 194 valence electrons. The number of aliphatic hydroxyl groups is 1. The second-order valence-electron chi connectivity index (χ2n) is 9.86. The Hall–Kier alpha value is -2.87. The van der Waals surface area contributed by atoms with Crippen LogP contribution in [0.15, 0.2) is 30.3 Å². The fourth-order valence-electron chi connectivity index (χ4n) is 5.31. The normalized spacial score (nSPS) is 14.6. The zero-order valence-electron chi connectivity index (χ0n) is 22.4. The van der Waals surface area contributed by atoms with Gasteiger partial charge < -0.3 is 24.6 Å². The van der Waals surface area contributed by atoms with E-state index in [1.807, 2.05) is 11.0 Å². The van der Waals surface area contributed by atoms with Crippen molar-refractivity contribution in [1.82, 2.24) is 14.4 Å². The summed E-state index contributed by atoms with van der Waals surface area (Å²) < 4.78 is 7.71. The molecular weight excluding hydrogens is 452 g/mol. The molecule has 2 heterocycles. The number of β-amino-alcohol motifs (C(OH)–C–C–N with tert-alkyl or cyclic N) is 1. The van der Waals surface area contributed by atoms with E-state index in [0.717, 1.165) is 36.2 Å². The number of aryl methyl sites for hydroxylation is 3. The molecule has 0 spiro atoms. The lowest BCUT2D eigenvalue weighted by Crippen LogP contribution is -2.49. The minimum atomic E-state index is 0.0670. The molecule has 7 nitrogen and oxygen atoms in total. The summed E-state index contributed by atoms with van der Waals surface area (Å²) in [4.78, 5) is 17.8. The lowest BCUT2D eigenvalue weighted by atomic mass is 10.0. The molecule has 0 radical (unpaired) electrons. The standard InChI is InChI=1S/C29H40N4O3/c1-20-7-6-8-21(2)26(20)19-30-27-18-24(29(35)32-11-9-31(10-12-32)13-15-34)17-25-22(3)23(4)33(28(25)27)14-16-36-5/h6-8,17-18,30,34H,9-16,19H2,1-5H3. The molecule has 1 aromatic heterocycles. The molecule has 1 aliphatic heterocycles. The number of aliphatic hydroxyl groups excluding tert-OH is 1. The summed E-state index contributed by atoms with van der Waals surface area (Å²) in [5.74, 6) is 0.0670. The predicted octanol–water partition coefficient (Wildman–Crippen LogP) is 3.88. The fourth-order valence-corrected chi connectivity index (χ4v) is 5.31. The number of benzene rings is 2. The number of fused-ring (bicyclic) bond motifs is 1. The summed E-state index contributed by atoms with van der Waals surface area (Å²) in [6.45, 7) is 14.4.